The summed E-state index contributed by atoms with van der Waals surface area (Å²) in [6.45, 7) is 4.97. The molecule has 0 aromatic heterocycles. The van der Waals surface area contributed by atoms with Gasteiger partial charge in [0.05, 0.1) is 6.61 Å². The first kappa shape index (κ1) is 19.7. The second kappa shape index (κ2) is 9.20. The van der Waals surface area contributed by atoms with Crippen molar-refractivity contribution >= 4 is 23.4 Å². The number of ether oxygens (including phenoxy) is 1. The molecule has 1 fully saturated rings. The highest BCUT2D eigenvalue weighted by Crippen LogP contribution is 2.47. The van der Waals surface area contributed by atoms with Crippen molar-refractivity contribution < 1.29 is 14.3 Å². The topological polar surface area (TPSA) is 67.4 Å². The molecule has 2 rings (SSSR count). The molecule has 138 valence electrons. The average Bonchev–Trinajstić information content (AvgIpc) is 3.35. The summed E-state index contributed by atoms with van der Waals surface area (Å²) in [7, 11) is 1.59. The maximum Gasteiger partial charge on any atom is 0.242 e. The number of benzene rings is 1. The summed E-state index contributed by atoms with van der Waals surface area (Å²) < 4.78 is 4.94. The van der Waals surface area contributed by atoms with E-state index in [4.69, 9.17) is 16.3 Å². The van der Waals surface area contributed by atoms with Gasteiger partial charge in [-0.1, -0.05) is 37.6 Å². The van der Waals surface area contributed by atoms with E-state index in [1.807, 2.05) is 38.1 Å². The molecule has 1 aromatic carbocycles. The van der Waals surface area contributed by atoms with Crippen LogP contribution in [-0.2, 0) is 14.3 Å². The van der Waals surface area contributed by atoms with Crippen LogP contribution in [0.15, 0.2) is 24.3 Å². The minimum atomic E-state index is -0.504. The lowest BCUT2D eigenvalue weighted by atomic mass is 10.0. The predicted molar refractivity (Wildman–Crippen MR) is 98.6 cm³/mol. The largest absolute Gasteiger partial charge is 0.383 e. The molecule has 2 amide bonds. The highest BCUT2D eigenvalue weighted by molar-refractivity contribution is 6.30. The Morgan fingerprint density at radius 2 is 1.96 bits per heavy atom. The molecule has 1 aliphatic carbocycles. The first-order valence-electron chi connectivity index (χ1n) is 8.74. The Kier molecular flexibility index (Phi) is 7.26. The van der Waals surface area contributed by atoms with Crippen LogP contribution in [0.4, 0.5) is 0 Å². The Morgan fingerprint density at radius 1 is 1.28 bits per heavy atom. The zero-order valence-corrected chi connectivity index (χ0v) is 15.8. The van der Waals surface area contributed by atoms with Gasteiger partial charge < -0.3 is 15.4 Å². The molecule has 1 saturated carbocycles. The monoisotopic (exact) mass is 366 g/mol. The fourth-order valence-corrected chi connectivity index (χ4v) is 3.07. The summed E-state index contributed by atoms with van der Waals surface area (Å²) in [6.07, 6.45) is 1.43. The van der Waals surface area contributed by atoms with Crippen LogP contribution < -0.4 is 10.6 Å². The number of halogens is 1. The Labute approximate surface area is 154 Å². The molecule has 2 N–H and O–H groups in total. The molecule has 0 heterocycles. The zero-order valence-electron chi connectivity index (χ0n) is 15.0. The van der Waals surface area contributed by atoms with Gasteiger partial charge in [0.25, 0.3) is 0 Å². The summed E-state index contributed by atoms with van der Waals surface area (Å²) in [5.41, 5.74) is 1.12. The first-order chi connectivity index (χ1) is 11.9. The number of rotatable bonds is 9. The average molecular weight is 367 g/mol. The second-order valence-corrected chi connectivity index (χ2v) is 7.41. The quantitative estimate of drug-likeness (QED) is 0.660. The van der Waals surface area contributed by atoms with Gasteiger partial charge in [0.2, 0.25) is 11.8 Å². The Bertz CT molecular complexity index is 589. The fourth-order valence-electron chi connectivity index (χ4n) is 2.94. The van der Waals surface area contributed by atoms with Crippen LogP contribution in [0, 0.1) is 11.8 Å². The fraction of sp³-hybridized carbons (Fsp3) is 0.579. The highest BCUT2D eigenvalue weighted by atomic mass is 35.5. The molecule has 0 aliphatic heterocycles. The van der Waals surface area contributed by atoms with Crippen molar-refractivity contribution in [2.24, 2.45) is 11.8 Å². The van der Waals surface area contributed by atoms with Crippen molar-refractivity contribution in [2.75, 3.05) is 20.3 Å². The number of hydrogen-bond acceptors (Lipinski definition) is 3. The molecule has 25 heavy (non-hydrogen) atoms. The number of hydrogen-bond donors (Lipinski definition) is 2. The maximum atomic E-state index is 12.5. The van der Waals surface area contributed by atoms with Crippen LogP contribution >= 0.6 is 11.6 Å². The Hall–Kier alpha value is -1.59. The smallest absolute Gasteiger partial charge is 0.242 e. The van der Waals surface area contributed by atoms with E-state index in [1.54, 1.807) is 7.11 Å². The first-order valence-corrected chi connectivity index (χ1v) is 9.12. The molecular formula is C19H27ClN2O3. The molecule has 1 aliphatic rings. The summed E-state index contributed by atoms with van der Waals surface area (Å²) in [5.74, 6) is 0.260. The summed E-state index contributed by atoms with van der Waals surface area (Å²) in [4.78, 5) is 24.9. The third-order valence-electron chi connectivity index (χ3n) is 4.37. The number of amides is 2. The van der Waals surface area contributed by atoms with Gasteiger partial charge in [-0.3, -0.25) is 9.59 Å². The predicted octanol–water partition coefficient (Wildman–Crippen LogP) is 2.74. The van der Waals surface area contributed by atoms with E-state index < -0.39 is 6.04 Å². The molecule has 0 spiro atoms. The third kappa shape index (κ3) is 6.01. The van der Waals surface area contributed by atoms with Crippen molar-refractivity contribution in [3.8, 4) is 0 Å². The van der Waals surface area contributed by atoms with Gasteiger partial charge in [-0.2, -0.15) is 0 Å². The molecular weight excluding hydrogens is 340 g/mol. The Balaban J connectivity index is 1.90. The van der Waals surface area contributed by atoms with Crippen LogP contribution in [0.25, 0.3) is 0 Å². The van der Waals surface area contributed by atoms with E-state index in [1.165, 1.54) is 0 Å². The summed E-state index contributed by atoms with van der Waals surface area (Å²) in [5, 5.41) is 6.43. The number of methoxy groups -OCH3 is 1. The van der Waals surface area contributed by atoms with Gasteiger partial charge in [-0.25, -0.2) is 0 Å². The van der Waals surface area contributed by atoms with Crippen LogP contribution in [0.5, 0.6) is 0 Å². The maximum absolute atomic E-state index is 12.5. The van der Waals surface area contributed by atoms with E-state index in [0.29, 0.717) is 30.5 Å². The lowest BCUT2D eigenvalue weighted by molar-refractivity contribution is -0.130. The van der Waals surface area contributed by atoms with Crippen molar-refractivity contribution in [1.29, 1.82) is 0 Å². The van der Waals surface area contributed by atoms with Crippen LogP contribution in [-0.4, -0.2) is 38.1 Å². The highest BCUT2D eigenvalue weighted by Gasteiger charge is 2.44. The zero-order chi connectivity index (χ0) is 18.4. The standard InChI is InChI=1S/C19H27ClN2O3/c1-12(2)10-17(19(24)21-8-9-25-3)22-18(23)16-11-15(16)13-4-6-14(20)7-5-13/h4-7,12,15-17H,8-11H2,1-3H3,(H,21,24)(H,22,23)/t15-,16+,17-/m0/s1. The number of carbonyl (C=O) groups is 2. The van der Waals surface area contributed by atoms with Gasteiger partial charge >= 0.3 is 0 Å². The number of nitrogens with one attached hydrogen (secondary N) is 2. The third-order valence-corrected chi connectivity index (χ3v) is 4.62. The lowest BCUT2D eigenvalue weighted by Crippen LogP contribution is -2.48. The van der Waals surface area contributed by atoms with Gasteiger partial charge in [-0.05, 0) is 42.4 Å². The van der Waals surface area contributed by atoms with E-state index in [2.05, 4.69) is 10.6 Å². The van der Waals surface area contributed by atoms with Gasteiger partial charge in [-0.15, -0.1) is 0 Å². The van der Waals surface area contributed by atoms with Gasteiger partial charge in [0.15, 0.2) is 0 Å². The summed E-state index contributed by atoms with van der Waals surface area (Å²) in [6, 6.07) is 7.10. The minimum absolute atomic E-state index is 0.0486. The SMILES string of the molecule is COCCNC(=O)[C@H](CC(C)C)NC(=O)[C@@H]1C[C@H]1c1ccc(Cl)cc1. The van der Waals surface area contributed by atoms with Crippen molar-refractivity contribution in [1.82, 2.24) is 10.6 Å². The molecule has 5 nitrogen and oxygen atoms in total. The molecule has 0 saturated heterocycles. The van der Waals surface area contributed by atoms with E-state index >= 15 is 0 Å². The molecule has 3 atom stereocenters. The van der Waals surface area contributed by atoms with Gasteiger partial charge in [0, 0.05) is 24.6 Å². The van der Waals surface area contributed by atoms with Crippen molar-refractivity contribution in [2.45, 2.75) is 38.6 Å². The van der Waals surface area contributed by atoms with Gasteiger partial charge in [0.1, 0.15) is 6.04 Å². The van der Waals surface area contributed by atoms with Crippen LogP contribution in [0.2, 0.25) is 5.02 Å². The normalized spacial score (nSPS) is 20.2. The Morgan fingerprint density at radius 3 is 2.56 bits per heavy atom. The summed E-state index contributed by atoms with van der Waals surface area (Å²) >= 11 is 5.91. The lowest BCUT2D eigenvalue weighted by Gasteiger charge is -2.20. The van der Waals surface area contributed by atoms with Crippen LogP contribution in [0.3, 0.4) is 0 Å². The molecule has 1 aromatic rings. The number of carbonyl (C=O) groups excluding carboxylic acids is 2. The second-order valence-electron chi connectivity index (χ2n) is 6.97. The van der Waals surface area contributed by atoms with Crippen molar-refractivity contribution in [3.05, 3.63) is 34.9 Å². The minimum Gasteiger partial charge on any atom is -0.383 e. The van der Waals surface area contributed by atoms with Crippen molar-refractivity contribution in [3.63, 3.8) is 0 Å². The van der Waals surface area contributed by atoms with E-state index in [0.717, 1.165) is 12.0 Å². The molecule has 6 heteroatoms. The van der Waals surface area contributed by atoms with E-state index in [-0.39, 0.29) is 23.7 Å². The molecule has 0 bridgehead atoms. The molecule has 0 radical (unpaired) electrons. The van der Waals surface area contributed by atoms with E-state index in [9.17, 15) is 9.59 Å². The molecule has 0 unspecified atom stereocenters. The van der Waals surface area contributed by atoms with Crippen LogP contribution in [0.1, 0.15) is 38.2 Å².